The summed E-state index contributed by atoms with van der Waals surface area (Å²) in [6.45, 7) is 0. The van der Waals surface area contributed by atoms with Crippen LogP contribution in [0, 0.1) is 0 Å². The number of imidazole rings is 2. The zero-order valence-corrected chi connectivity index (χ0v) is 22.6. The summed E-state index contributed by atoms with van der Waals surface area (Å²) in [6.07, 6.45) is 13.7. The summed E-state index contributed by atoms with van der Waals surface area (Å²) < 4.78 is 6.04. The molecule has 200 valence electrons. The molecule has 0 unspecified atom stereocenters. The molecule has 2 N–H and O–H groups in total. The second kappa shape index (κ2) is 9.98. The molecule has 0 aliphatic rings. The Bertz CT molecular complexity index is 2090. The van der Waals surface area contributed by atoms with Crippen molar-refractivity contribution >= 4 is 22.4 Å². The third kappa shape index (κ3) is 3.91. The van der Waals surface area contributed by atoms with Crippen molar-refractivity contribution in [2.75, 3.05) is 0 Å². The van der Waals surface area contributed by atoms with Crippen LogP contribution in [0.2, 0.25) is 0 Å². The van der Waals surface area contributed by atoms with Gasteiger partial charge in [0.25, 0.3) is 0 Å². The zero-order valence-electron chi connectivity index (χ0n) is 21.8. The number of pyridine rings is 1. The van der Waals surface area contributed by atoms with Gasteiger partial charge in [-0.05, 0) is 30.3 Å². The zero-order chi connectivity index (χ0) is 27.9. The van der Waals surface area contributed by atoms with Crippen molar-refractivity contribution in [2.24, 2.45) is 0 Å². The summed E-state index contributed by atoms with van der Waals surface area (Å²) >= 11 is 1.51. The van der Waals surface area contributed by atoms with Gasteiger partial charge in [-0.1, -0.05) is 18.2 Å². The van der Waals surface area contributed by atoms with Gasteiger partial charge < -0.3 is 14.4 Å². The van der Waals surface area contributed by atoms with Crippen LogP contribution in [0.15, 0.2) is 108 Å². The Morgan fingerprint density at radius 3 is 2.21 bits per heavy atom. The van der Waals surface area contributed by atoms with Gasteiger partial charge in [-0.25, -0.2) is 29.9 Å². The molecule has 6 heterocycles. The van der Waals surface area contributed by atoms with Crippen molar-refractivity contribution in [3.05, 3.63) is 104 Å². The van der Waals surface area contributed by atoms with E-state index in [0.29, 0.717) is 45.7 Å². The fraction of sp³-hybridized carbons (Fsp3) is 0. The van der Waals surface area contributed by atoms with E-state index in [1.54, 1.807) is 55.7 Å². The number of hydrogen-bond acceptors (Lipinski definition) is 9. The van der Waals surface area contributed by atoms with E-state index in [-0.39, 0.29) is 0 Å². The molecule has 0 radical (unpaired) electrons. The number of para-hydroxylation sites is 2. The molecule has 0 aliphatic heterocycles. The average molecular weight is 566 g/mol. The first-order valence-corrected chi connectivity index (χ1v) is 13.9. The van der Waals surface area contributed by atoms with E-state index in [4.69, 9.17) is 34.3 Å². The molecule has 6 aromatic heterocycles. The van der Waals surface area contributed by atoms with Crippen molar-refractivity contribution in [1.82, 2.24) is 44.9 Å². The highest BCUT2D eigenvalue weighted by atomic mass is 32.1. The SMILES string of the molecule is c1ccc(-c2c(-c3ncccn3)c(-c3nc4ccccc4[nH]3)c(-c3ncco3)c(-c3nccs3)c2-c2ncc[nH]2)nc1. The Morgan fingerprint density at radius 1 is 0.619 bits per heavy atom. The Morgan fingerprint density at radius 2 is 1.48 bits per heavy atom. The summed E-state index contributed by atoms with van der Waals surface area (Å²) in [4.78, 5) is 40.3. The molecule has 42 heavy (non-hydrogen) atoms. The third-order valence-corrected chi connectivity index (χ3v) is 7.65. The number of aromatic amines is 2. The Labute approximate surface area is 242 Å². The highest BCUT2D eigenvalue weighted by Crippen LogP contribution is 2.54. The van der Waals surface area contributed by atoms with E-state index in [0.717, 1.165) is 32.7 Å². The van der Waals surface area contributed by atoms with Crippen LogP contribution in [-0.4, -0.2) is 44.9 Å². The molecular formula is C31H19N9OS. The lowest BCUT2D eigenvalue weighted by Gasteiger charge is -2.23. The number of hydrogen-bond donors (Lipinski definition) is 2. The molecule has 0 saturated heterocycles. The first-order chi connectivity index (χ1) is 20.9. The smallest absolute Gasteiger partial charge is 0.227 e. The maximum atomic E-state index is 6.04. The molecular weight excluding hydrogens is 546 g/mol. The lowest BCUT2D eigenvalue weighted by atomic mass is 9.83. The number of nitrogens with one attached hydrogen (secondary N) is 2. The summed E-state index contributed by atoms with van der Waals surface area (Å²) in [5, 5.41) is 2.69. The Kier molecular flexibility index (Phi) is 5.71. The molecule has 8 rings (SSSR count). The van der Waals surface area contributed by atoms with Crippen LogP contribution in [0.5, 0.6) is 0 Å². The van der Waals surface area contributed by atoms with Gasteiger partial charge in [0.05, 0.1) is 28.5 Å². The minimum absolute atomic E-state index is 0.396. The number of rotatable bonds is 6. The number of fused-ring (bicyclic) bond motifs is 1. The molecule has 11 heteroatoms. The van der Waals surface area contributed by atoms with E-state index in [1.807, 2.05) is 47.8 Å². The van der Waals surface area contributed by atoms with Gasteiger partial charge in [0, 0.05) is 70.4 Å². The first kappa shape index (κ1) is 24.0. The molecule has 10 nitrogen and oxygen atoms in total. The van der Waals surface area contributed by atoms with Crippen molar-refractivity contribution in [3.63, 3.8) is 0 Å². The van der Waals surface area contributed by atoms with Gasteiger partial charge in [0.1, 0.15) is 22.9 Å². The van der Waals surface area contributed by atoms with E-state index >= 15 is 0 Å². The number of aromatic nitrogens is 9. The van der Waals surface area contributed by atoms with Crippen LogP contribution >= 0.6 is 11.3 Å². The predicted octanol–water partition coefficient (Wildman–Crippen LogP) is 6.92. The molecule has 8 aromatic rings. The van der Waals surface area contributed by atoms with Gasteiger partial charge in [0.2, 0.25) is 5.89 Å². The van der Waals surface area contributed by atoms with Crippen LogP contribution in [0.25, 0.3) is 78.5 Å². The summed E-state index contributed by atoms with van der Waals surface area (Å²) in [5.41, 5.74) is 6.82. The lowest BCUT2D eigenvalue weighted by molar-refractivity contribution is 0.575. The fourth-order valence-corrected chi connectivity index (χ4v) is 5.93. The number of thiazole rings is 1. The van der Waals surface area contributed by atoms with E-state index < -0.39 is 0 Å². The monoisotopic (exact) mass is 565 g/mol. The van der Waals surface area contributed by atoms with Crippen molar-refractivity contribution < 1.29 is 4.42 Å². The second-order valence-corrected chi connectivity index (χ2v) is 10.1. The minimum Gasteiger partial charge on any atom is -0.444 e. The molecule has 0 saturated carbocycles. The molecule has 0 bridgehead atoms. The van der Waals surface area contributed by atoms with Crippen LogP contribution in [0.1, 0.15) is 0 Å². The van der Waals surface area contributed by atoms with Gasteiger partial charge in [-0.3, -0.25) is 4.98 Å². The summed E-state index contributed by atoms with van der Waals surface area (Å²) in [7, 11) is 0. The molecule has 0 fully saturated rings. The molecule has 0 spiro atoms. The molecule has 2 aromatic carbocycles. The van der Waals surface area contributed by atoms with E-state index in [1.165, 1.54) is 11.3 Å². The van der Waals surface area contributed by atoms with Crippen LogP contribution < -0.4 is 0 Å². The maximum Gasteiger partial charge on any atom is 0.227 e. The summed E-state index contributed by atoms with van der Waals surface area (Å²) in [5.74, 6) is 2.11. The highest BCUT2D eigenvalue weighted by molar-refractivity contribution is 7.13. The Hall–Kier alpha value is -5.81. The second-order valence-electron chi connectivity index (χ2n) is 9.25. The number of nitrogens with zero attached hydrogens (tertiary/aromatic N) is 7. The topological polar surface area (TPSA) is 135 Å². The van der Waals surface area contributed by atoms with Gasteiger partial charge in [-0.2, -0.15) is 0 Å². The standard InChI is InChI=1S/C31H19N9OS/c1-2-7-19-18(6-1)39-29(40-19)24-22(27-33-10-5-11-34-27)21(20-8-3-4-9-32-20)23(28-35-12-13-36-28)26(31-38-15-17-42-31)25(24)30-37-14-16-41-30/h1-17H,(H,35,36)(H,39,40). The summed E-state index contributed by atoms with van der Waals surface area (Å²) in [6, 6.07) is 15.5. The van der Waals surface area contributed by atoms with Gasteiger partial charge >= 0.3 is 0 Å². The minimum atomic E-state index is 0.396. The van der Waals surface area contributed by atoms with Crippen molar-refractivity contribution in [2.45, 2.75) is 0 Å². The van der Waals surface area contributed by atoms with E-state index in [9.17, 15) is 0 Å². The number of oxazole rings is 1. The predicted molar refractivity (Wildman–Crippen MR) is 160 cm³/mol. The Balaban J connectivity index is 1.67. The maximum absolute atomic E-state index is 6.04. The average Bonchev–Trinajstić information content (AvgIpc) is 3.88. The molecule has 0 aliphatic carbocycles. The normalized spacial score (nSPS) is 11.3. The van der Waals surface area contributed by atoms with Crippen molar-refractivity contribution in [3.8, 4) is 67.4 Å². The first-order valence-electron chi connectivity index (χ1n) is 13.0. The van der Waals surface area contributed by atoms with Gasteiger partial charge in [-0.15, -0.1) is 11.3 Å². The van der Waals surface area contributed by atoms with Crippen LogP contribution in [0.4, 0.5) is 0 Å². The number of benzene rings is 2. The lowest BCUT2D eigenvalue weighted by Crippen LogP contribution is -2.05. The molecule has 0 amide bonds. The highest BCUT2D eigenvalue weighted by Gasteiger charge is 2.34. The molecule has 0 atom stereocenters. The van der Waals surface area contributed by atoms with Gasteiger partial charge in [0.15, 0.2) is 5.82 Å². The van der Waals surface area contributed by atoms with E-state index in [2.05, 4.69) is 15.0 Å². The fourth-order valence-electron chi connectivity index (χ4n) is 5.24. The van der Waals surface area contributed by atoms with Crippen LogP contribution in [0.3, 0.4) is 0 Å². The van der Waals surface area contributed by atoms with Crippen LogP contribution in [-0.2, 0) is 0 Å². The number of H-pyrrole nitrogens is 2. The van der Waals surface area contributed by atoms with Crippen molar-refractivity contribution in [1.29, 1.82) is 0 Å². The largest absolute Gasteiger partial charge is 0.444 e. The third-order valence-electron chi connectivity index (χ3n) is 6.86. The quantitative estimate of drug-likeness (QED) is 0.222.